The highest BCUT2D eigenvalue weighted by Gasteiger charge is 2.13. The first-order chi connectivity index (χ1) is 11.2. The molecule has 2 aromatic rings. The molecule has 0 amide bonds. The minimum Gasteiger partial charge on any atom is -0.390 e. The average Bonchev–Trinajstić information content (AvgIpc) is 2.56. The molecule has 0 bridgehead atoms. The van der Waals surface area contributed by atoms with Gasteiger partial charge in [0, 0.05) is 26.2 Å². The summed E-state index contributed by atoms with van der Waals surface area (Å²) < 4.78 is 0. The number of hydrogen-bond donors (Lipinski definition) is 1. The number of nitrogens with zero attached hydrogens (tertiary/aromatic N) is 2. The summed E-state index contributed by atoms with van der Waals surface area (Å²) >= 11 is 0. The van der Waals surface area contributed by atoms with Gasteiger partial charge in [-0.25, -0.2) is 0 Å². The van der Waals surface area contributed by atoms with Gasteiger partial charge in [-0.3, -0.25) is 9.80 Å². The maximum atomic E-state index is 10.4. The van der Waals surface area contributed by atoms with Gasteiger partial charge < -0.3 is 5.11 Å². The summed E-state index contributed by atoms with van der Waals surface area (Å²) in [4.78, 5) is 4.46. The summed E-state index contributed by atoms with van der Waals surface area (Å²) in [5.41, 5.74) is 2.57. The van der Waals surface area contributed by atoms with Gasteiger partial charge in [0.25, 0.3) is 0 Å². The predicted molar refractivity (Wildman–Crippen MR) is 96.2 cm³/mol. The standard InChI is InChI=1S/C20H28N2O/c1-3-22(15-19-12-8-5-9-13-19)17-20(23)16-21(2)14-18-10-6-4-7-11-18/h4-13,20,23H,3,14-17H2,1-2H3/t20-/m0/s1. The van der Waals surface area contributed by atoms with Gasteiger partial charge in [0.15, 0.2) is 0 Å². The van der Waals surface area contributed by atoms with Crippen LogP contribution >= 0.6 is 0 Å². The SMILES string of the molecule is CCN(Cc1ccccc1)C[C@@H](O)CN(C)Cc1ccccc1. The number of hydrogen-bond acceptors (Lipinski definition) is 3. The van der Waals surface area contributed by atoms with Crippen LogP contribution in [0.4, 0.5) is 0 Å². The van der Waals surface area contributed by atoms with E-state index >= 15 is 0 Å². The zero-order valence-electron chi connectivity index (χ0n) is 14.2. The van der Waals surface area contributed by atoms with Crippen LogP contribution in [0, 0.1) is 0 Å². The van der Waals surface area contributed by atoms with Crippen LogP contribution in [0.3, 0.4) is 0 Å². The van der Waals surface area contributed by atoms with Crippen LogP contribution in [0.2, 0.25) is 0 Å². The Bertz CT molecular complexity index is 544. The Morgan fingerprint density at radius 1 is 0.826 bits per heavy atom. The van der Waals surface area contributed by atoms with Crippen molar-refractivity contribution in [3.8, 4) is 0 Å². The molecule has 0 aromatic heterocycles. The third-order valence-corrected chi connectivity index (χ3v) is 3.98. The molecule has 0 saturated carbocycles. The zero-order valence-corrected chi connectivity index (χ0v) is 14.2. The third-order valence-electron chi connectivity index (χ3n) is 3.98. The Kier molecular flexibility index (Phi) is 7.27. The van der Waals surface area contributed by atoms with Crippen molar-refractivity contribution in [1.29, 1.82) is 0 Å². The second-order valence-corrected chi connectivity index (χ2v) is 6.15. The lowest BCUT2D eigenvalue weighted by Gasteiger charge is -2.26. The van der Waals surface area contributed by atoms with Crippen LogP contribution in [0.1, 0.15) is 18.1 Å². The molecule has 2 rings (SSSR count). The Morgan fingerprint density at radius 2 is 1.35 bits per heavy atom. The second kappa shape index (κ2) is 9.46. The fourth-order valence-corrected chi connectivity index (χ4v) is 2.82. The lowest BCUT2D eigenvalue weighted by Crippen LogP contribution is -2.38. The molecule has 3 heteroatoms. The highest BCUT2D eigenvalue weighted by atomic mass is 16.3. The smallest absolute Gasteiger partial charge is 0.0793 e. The summed E-state index contributed by atoms with van der Waals surface area (Å²) in [6.45, 7) is 6.21. The van der Waals surface area contributed by atoms with E-state index in [0.717, 1.165) is 19.6 Å². The maximum absolute atomic E-state index is 10.4. The number of aliphatic hydroxyl groups excluding tert-OH is 1. The first-order valence-electron chi connectivity index (χ1n) is 8.34. The number of rotatable bonds is 9. The van der Waals surface area contributed by atoms with E-state index in [1.54, 1.807) is 0 Å². The summed E-state index contributed by atoms with van der Waals surface area (Å²) in [6, 6.07) is 20.8. The van der Waals surface area contributed by atoms with E-state index in [0.29, 0.717) is 13.1 Å². The van der Waals surface area contributed by atoms with E-state index in [-0.39, 0.29) is 6.10 Å². The van der Waals surface area contributed by atoms with Crippen molar-refractivity contribution >= 4 is 0 Å². The van der Waals surface area contributed by atoms with Crippen LogP contribution in [0.5, 0.6) is 0 Å². The first kappa shape index (κ1) is 17.7. The molecule has 0 aliphatic rings. The van der Waals surface area contributed by atoms with E-state index in [1.165, 1.54) is 11.1 Å². The molecular formula is C20H28N2O. The lowest BCUT2D eigenvalue weighted by atomic mass is 10.2. The second-order valence-electron chi connectivity index (χ2n) is 6.15. The van der Waals surface area contributed by atoms with Crippen LogP contribution in [0.25, 0.3) is 0 Å². The molecule has 0 heterocycles. The van der Waals surface area contributed by atoms with Crippen LogP contribution in [0.15, 0.2) is 60.7 Å². The Hall–Kier alpha value is -1.68. The van der Waals surface area contributed by atoms with Gasteiger partial charge in [-0.1, -0.05) is 67.6 Å². The molecule has 0 aliphatic carbocycles. The average molecular weight is 312 g/mol. The minimum absolute atomic E-state index is 0.340. The summed E-state index contributed by atoms with van der Waals surface area (Å²) in [7, 11) is 2.06. The van der Waals surface area contributed by atoms with Gasteiger partial charge >= 0.3 is 0 Å². The van der Waals surface area contributed by atoms with Crippen LogP contribution < -0.4 is 0 Å². The molecule has 2 aromatic carbocycles. The molecule has 0 saturated heterocycles. The molecule has 1 atom stereocenters. The predicted octanol–water partition coefficient (Wildman–Crippen LogP) is 3.00. The zero-order chi connectivity index (χ0) is 16.5. The van der Waals surface area contributed by atoms with Gasteiger partial charge in [-0.2, -0.15) is 0 Å². The largest absolute Gasteiger partial charge is 0.390 e. The summed E-state index contributed by atoms with van der Waals surface area (Å²) in [5.74, 6) is 0. The molecule has 0 fully saturated rings. The molecule has 0 spiro atoms. The van der Waals surface area contributed by atoms with Gasteiger partial charge in [0.2, 0.25) is 0 Å². The van der Waals surface area contributed by atoms with Crippen molar-refractivity contribution in [2.75, 3.05) is 26.7 Å². The van der Waals surface area contributed by atoms with E-state index in [4.69, 9.17) is 0 Å². The van der Waals surface area contributed by atoms with E-state index < -0.39 is 0 Å². The van der Waals surface area contributed by atoms with Crippen molar-refractivity contribution in [2.45, 2.75) is 26.1 Å². The van der Waals surface area contributed by atoms with Gasteiger partial charge in [0.05, 0.1) is 6.10 Å². The summed E-state index contributed by atoms with van der Waals surface area (Å²) in [6.07, 6.45) is -0.340. The maximum Gasteiger partial charge on any atom is 0.0793 e. The van der Waals surface area contributed by atoms with Crippen molar-refractivity contribution in [3.63, 3.8) is 0 Å². The fraction of sp³-hybridized carbons (Fsp3) is 0.400. The highest BCUT2D eigenvalue weighted by molar-refractivity contribution is 5.15. The lowest BCUT2D eigenvalue weighted by molar-refractivity contribution is 0.0791. The molecule has 3 nitrogen and oxygen atoms in total. The minimum atomic E-state index is -0.340. The topological polar surface area (TPSA) is 26.7 Å². The van der Waals surface area contributed by atoms with Crippen LogP contribution in [-0.2, 0) is 13.1 Å². The Labute approximate surface area is 140 Å². The van der Waals surface area contributed by atoms with E-state index in [2.05, 4.69) is 72.3 Å². The normalized spacial score (nSPS) is 12.7. The van der Waals surface area contributed by atoms with Crippen molar-refractivity contribution < 1.29 is 5.11 Å². The molecule has 0 aliphatic heterocycles. The molecule has 0 radical (unpaired) electrons. The fourth-order valence-electron chi connectivity index (χ4n) is 2.82. The number of likely N-dealkylation sites (N-methyl/N-ethyl adjacent to an activating group) is 2. The quantitative estimate of drug-likeness (QED) is 0.771. The molecule has 1 N–H and O–H groups in total. The van der Waals surface area contributed by atoms with E-state index in [9.17, 15) is 5.11 Å². The Balaban J connectivity index is 1.79. The summed E-state index contributed by atoms with van der Waals surface area (Å²) in [5, 5.41) is 10.4. The van der Waals surface area contributed by atoms with Gasteiger partial charge in [-0.15, -0.1) is 0 Å². The van der Waals surface area contributed by atoms with Crippen molar-refractivity contribution in [3.05, 3.63) is 71.8 Å². The van der Waals surface area contributed by atoms with Gasteiger partial charge in [0.1, 0.15) is 0 Å². The monoisotopic (exact) mass is 312 g/mol. The van der Waals surface area contributed by atoms with E-state index in [1.807, 2.05) is 12.1 Å². The Morgan fingerprint density at radius 3 is 1.87 bits per heavy atom. The number of aliphatic hydroxyl groups is 1. The van der Waals surface area contributed by atoms with Crippen molar-refractivity contribution in [1.82, 2.24) is 9.80 Å². The first-order valence-corrected chi connectivity index (χ1v) is 8.34. The molecule has 124 valence electrons. The molecule has 23 heavy (non-hydrogen) atoms. The third kappa shape index (κ3) is 6.53. The van der Waals surface area contributed by atoms with Gasteiger partial charge in [-0.05, 0) is 24.7 Å². The van der Waals surface area contributed by atoms with Crippen LogP contribution in [-0.4, -0.2) is 47.7 Å². The van der Waals surface area contributed by atoms with Crippen molar-refractivity contribution in [2.24, 2.45) is 0 Å². The molecular weight excluding hydrogens is 284 g/mol. The highest BCUT2D eigenvalue weighted by Crippen LogP contribution is 2.07. The molecule has 0 unspecified atom stereocenters. The number of benzene rings is 2.